The topological polar surface area (TPSA) is 63.9 Å². The molecule has 6 nitrogen and oxygen atoms in total. The number of aryl methyl sites for hydroxylation is 1. The quantitative estimate of drug-likeness (QED) is 0.712. The maximum atomic E-state index is 12.7. The van der Waals surface area contributed by atoms with E-state index in [1.165, 1.54) is 0 Å². The van der Waals surface area contributed by atoms with Crippen LogP contribution in [0.2, 0.25) is 5.02 Å². The number of fused-ring (bicyclic) bond motifs is 1. The first-order valence-electron chi connectivity index (χ1n) is 8.77. The van der Waals surface area contributed by atoms with E-state index in [9.17, 15) is 4.79 Å². The van der Waals surface area contributed by atoms with Crippen molar-refractivity contribution in [3.8, 4) is 0 Å². The molecule has 26 heavy (non-hydrogen) atoms. The van der Waals surface area contributed by atoms with Crippen molar-refractivity contribution in [2.45, 2.75) is 25.2 Å². The van der Waals surface area contributed by atoms with Gasteiger partial charge in [-0.25, -0.2) is 14.6 Å². The minimum Gasteiger partial charge on any atom is -0.342 e. The van der Waals surface area contributed by atoms with Gasteiger partial charge in [0.15, 0.2) is 5.65 Å². The van der Waals surface area contributed by atoms with Crippen molar-refractivity contribution in [3.63, 3.8) is 0 Å². The van der Waals surface area contributed by atoms with Crippen LogP contribution < -0.4 is 0 Å². The molecule has 134 valence electrons. The number of carbonyl (C=O) groups is 1. The van der Waals surface area contributed by atoms with Crippen molar-refractivity contribution >= 4 is 28.7 Å². The maximum absolute atomic E-state index is 12.7. The van der Waals surface area contributed by atoms with Crippen LogP contribution >= 0.6 is 11.6 Å². The second-order valence-corrected chi connectivity index (χ2v) is 7.16. The number of halogens is 1. The first kappa shape index (κ1) is 17.0. The molecule has 1 aliphatic heterocycles. The van der Waals surface area contributed by atoms with Gasteiger partial charge in [0, 0.05) is 43.5 Å². The first-order valence-corrected chi connectivity index (χ1v) is 9.15. The molecule has 2 aromatic heterocycles. The van der Waals surface area contributed by atoms with Gasteiger partial charge in [0.25, 0.3) is 0 Å². The summed E-state index contributed by atoms with van der Waals surface area (Å²) < 4.78 is 1.77. The molecule has 0 bridgehead atoms. The van der Waals surface area contributed by atoms with E-state index < -0.39 is 0 Å². The van der Waals surface area contributed by atoms with Crippen LogP contribution in [0, 0.1) is 0 Å². The Hall–Kier alpha value is -2.47. The largest absolute Gasteiger partial charge is 0.342 e. The summed E-state index contributed by atoms with van der Waals surface area (Å²) in [7, 11) is 1.88. The third-order valence-corrected chi connectivity index (χ3v) is 5.17. The number of aromatic nitrogens is 4. The summed E-state index contributed by atoms with van der Waals surface area (Å²) in [6.07, 6.45) is 5.74. The fourth-order valence-electron chi connectivity index (χ4n) is 3.60. The van der Waals surface area contributed by atoms with E-state index in [4.69, 9.17) is 11.6 Å². The van der Waals surface area contributed by atoms with Gasteiger partial charge < -0.3 is 4.90 Å². The number of likely N-dealkylation sites (tertiary alicyclic amines) is 1. The second-order valence-electron chi connectivity index (χ2n) is 6.72. The van der Waals surface area contributed by atoms with Gasteiger partial charge in [-0.05, 0) is 30.5 Å². The molecule has 0 unspecified atom stereocenters. The molecule has 3 heterocycles. The van der Waals surface area contributed by atoms with Gasteiger partial charge in [-0.3, -0.25) is 4.79 Å². The van der Waals surface area contributed by atoms with E-state index in [0.717, 1.165) is 41.8 Å². The molecule has 0 radical (unpaired) electrons. The van der Waals surface area contributed by atoms with Gasteiger partial charge in [-0.1, -0.05) is 23.7 Å². The van der Waals surface area contributed by atoms with Crippen LogP contribution in [0.15, 0.2) is 36.7 Å². The van der Waals surface area contributed by atoms with E-state index in [1.807, 2.05) is 36.2 Å². The molecule has 1 amide bonds. The number of amides is 1. The first-order chi connectivity index (χ1) is 12.6. The minimum atomic E-state index is 0.142. The Morgan fingerprint density at radius 1 is 1.23 bits per heavy atom. The smallest absolute Gasteiger partial charge is 0.227 e. The van der Waals surface area contributed by atoms with Crippen molar-refractivity contribution in [2.24, 2.45) is 7.05 Å². The SMILES string of the molecule is Cn1nc([C@@H]2CCCN(C(=O)Cc3ccc(Cl)cc3)C2)c2nccnc21. The van der Waals surface area contributed by atoms with Crippen molar-refractivity contribution in [1.82, 2.24) is 24.6 Å². The highest BCUT2D eigenvalue weighted by molar-refractivity contribution is 6.30. The summed E-state index contributed by atoms with van der Waals surface area (Å²) in [5.41, 5.74) is 3.55. The van der Waals surface area contributed by atoms with E-state index in [1.54, 1.807) is 17.1 Å². The van der Waals surface area contributed by atoms with Crippen LogP contribution in [0.5, 0.6) is 0 Å². The van der Waals surface area contributed by atoms with Crippen molar-refractivity contribution < 1.29 is 4.79 Å². The zero-order valence-corrected chi connectivity index (χ0v) is 15.4. The zero-order chi connectivity index (χ0) is 18.1. The average Bonchev–Trinajstić information content (AvgIpc) is 3.01. The van der Waals surface area contributed by atoms with Crippen LogP contribution in [0.1, 0.15) is 30.0 Å². The minimum absolute atomic E-state index is 0.142. The van der Waals surface area contributed by atoms with Crippen LogP contribution in [0.25, 0.3) is 11.2 Å². The summed E-state index contributed by atoms with van der Waals surface area (Å²) in [5.74, 6) is 0.335. The molecular weight excluding hydrogens is 350 g/mol. The van der Waals surface area contributed by atoms with E-state index >= 15 is 0 Å². The predicted molar refractivity (Wildman–Crippen MR) is 100 cm³/mol. The summed E-state index contributed by atoms with van der Waals surface area (Å²) >= 11 is 5.92. The molecule has 0 N–H and O–H groups in total. The number of piperidine rings is 1. The third kappa shape index (κ3) is 3.29. The molecule has 1 atom stereocenters. The Kier molecular flexibility index (Phi) is 4.59. The molecule has 1 fully saturated rings. The number of nitrogens with zero attached hydrogens (tertiary/aromatic N) is 5. The van der Waals surface area contributed by atoms with Crippen LogP contribution in [-0.2, 0) is 18.3 Å². The fraction of sp³-hybridized carbons (Fsp3) is 0.368. The number of hydrogen-bond donors (Lipinski definition) is 0. The highest BCUT2D eigenvalue weighted by atomic mass is 35.5. The monoisotopic (exact) mass is 369 g/mol. The molecule has 0 saturated carbocycles. The Morgan fingerprint density at radius 2 is 2.00 bits per heavy atom. The van der Waals surface area contributed by atoms with Crippen LogP contribution in [-0.4, -0.2) is 43.6 Å². The van der Waals surface area contributed by atoms with Crippen molar-refractivity contribution in [3.05, 3.63) is 52.9 Å². The molecule has 3 aromatic rings. The fourth-order valence-corrected chi connectivity index (χ4v) is 3.72. The summed E-state index contributed by atoms with van der Waals surface area (Å²) in [4.78, 5) is 23.5. The molecule has 4 rings (SSSR count). The zero-order valence-electron chi connectivity index (χ0n) is 14.6. The van der Waals surface area contributed by atoms with Gasteiger partial charge in [-0.15, -0.1) is 0 Å². The van der Waals surface area contributed by atoms with Gasteiger partial charge in [0.05, 0.1) is 12.1 Å². The Balaban J connectivity index is 1.51. The number of hydrogen-bond acceptors (Lipinski definition) is 4. The lowest BCUT2D eigenvalue weighted by Gasteiger charge is -2.32. The lowest BCUT2D eigenvalue weighted by atomic mass is 9.94. The number of carbonyl (C=O) groups excluding carboxylic acids is 1. The molecule has 1 aliphatic rings. The number of rotatable bonds is 3. The molecule has 7 heteroatoms. The normalized spacial score (nSPS) is 17.6. The van der Waals surface area contributed by atoms with Crippen LogP contribution in [0.4, 0.5) is 0 Å². The summed E-state index contributed by atoms with van der Waals surface area (Å²) in [5, 5.41) is 5.32. The van der Waals surface area contributed by atoms with Crippen LogP contribution in [0.3, 0.4) is 0 Å². The Bertz CT molecular complexity index is 937. The third-order valence-electron chi connectivity index (χ3n) is 4.92. The number of benzene rings is 1. The van der Waals surface area contributed by atoms with Gasteiger partial charge in [-0.2, -0.15) is 5.10 Å². The van der Waals surface area contributed by atoms with E-state index in [2.05, 4.69) is 15.1 Å². The standard InChI is InChI=1S/C19H20ClN5O/c1-24-19-18(21-8-9-22-19)17(23-24)14-3-2-10-25(12-14)16(26)11-13-4-6-15(20)7-5-13/h4-9,14H,2-3,10-12H2,1H3/t14-/m1/s1. The van der Waals surface area contributed by atoms with E-state index in [0.29, 0.717) is 18.0 Å². The molecular formula is C19H20ClN5O. The highest BCUT2D eigenvalue weighted by Crippen LogP contribution is 2.30. The summed E-state index contributed by atoms with van der Waals surface area (Å²) in [6, 6.07) is 7.46. The van der Waals surface area contributed by atoms with Gasteiger partial charge >= 0.3 is 0 Å². The molecule has 1 saturated heterocycles. The maximum Gasteiger partial charge on any atom is 0.227 e. The Morgan fingerprint density at radius 3 is 2.81 bits per heavy atom. The second kappa shape index (κ2) is 7.03. The van der Waals surface area contributed by atoms with Crippen molar-refractivity contribution in [2.75, 3.05) is 13.1 Å². The van der Waals surface area contributed by atoms with E-state index in [-0.39, 0.29) is 11.8 Å². The molecule has 0 spiro atoms. The Labute approximate surface area is 156 Å². The lowest BCUT2D eigenvalue weighted by molar-refractivity contribution is -0.131. The van der Waals surface area contributed by atoms with Crippen molar-refractivity contribution in [1.29, 1.82) is 0 Å². The highest BCUT2D eigenvalue weighted by Gasteiger charge is 2.28. The van der Waals surface area contributed by atoms with Gasteiger partial charge in [0.2, 0.25) is 5.91 Å². The molecule has 0 aliphatic carbocycles. The van der Waals surface area contributed by atoms with Gasteiger partial charge in [0.1, 0.15) is 5.52 Å². The lowest BCUT2D eigenvalue weighted by Crippen LogP contribution is -2.40. The average molecular weight is 370 g/mol. The predicted octanol–water partition coefficient (Wildman–Crippen LogP) is 2.97. The summed E-state index contributed by atoms with van der Waals surface area (Å²) in [6.45, 7) is 1.47. The molecule has 1 aromatic carbocycles.